The maximum Gasteiger partial charge on any atom is -0.0326 e. The van der Waals surface area contributed by atoms with E-state index in [0.717, 1.165) is 11.8 Å². The van der Waals surface area contributed by atoms with Crippen LogP contribution in [0.1, 0.15) is 67.2 Å². The molecule has 1 radical (unpaired) electrons. The SMILES string of the molecule is CCCC([CH]C(C)CC(C)(C)C)CC. The fraction of sp³-hybridized carbons (Fsp3) is 0.929. The van der Waals surface area contributed by atoms with E-state index in [1.807, 2.05) is 0 Å². The normalized spacial score (nSPS) is 16.7. The van der Waals surface area contributed by atoms with E-state index in [1.165, 1.54) is 25.7 Å². The van der Waals surface area contributed by atoms with E-state index in [0.29, 0.717) is 5.41 Å². The van der Waals surface area contributed by atoms with Gasteiger partial charge in [0.2, 0.25) is 0 Å². The van der Waals surface area contributed by atoms with Crippen molar-refractivity contribution in [3.8, 4) is 0 Å². The zero-order valence-electron chi connectivity index (χ0n) is 11.1. The summed E-state index contributed by atoms with van der Waals surface area (Å²) >= 11 is 0. The monoisotopic (exact) mass is 197 g/mol. The first-order chi connectivity index (χ1) is 6.39. The van der Waals surface area contributed by atoms with Crippen LogP contribution < -0.4 is 0 Å². The van der Waals surface area contributed by atoms with E-state index in [4.69, 9.17) is 0 Å². The van der Waals surface area contributed by atoms with Gasteiger partial charge in [0.1, 0.15) is 0 Å². The molecular weight excluding hydrogens is 168 g/mol. The van der Waals surface area contributed by atoms with Gasteiger partial charge in [0.05, 0.1) is 0 Å². The Morgan fingerprint density at radius 2 is 1.71 bits per heavy atom. The van der Waals surface area contributed by atoms with Crippen molar-refractivity contribution in [2.75, 3.05) is 0 Å². The van der Waals surface area contributed by atoms with Gasteiger partial charge in [-0.2, -0.15) is 0 Å². The molecule has 2 unspecified atom stereocenters. The minimum Gasteiger partial charge on any atom is -0.0654 e. The van der Waals surface area contributed by atoms with Crippen LogP contribution in [0.4, 0.5) is 0 Å². The Labute approximate surface area is 91.5 Å². The zero-order chi connectivity index (χ0) is 11.2. The molecule has 0 aromatic carbocycles. The van der Waals surface area contributed by atoms with Gasteiger partial charge in [0, 0.05) is 0 Å². The van der Waals surface area contributed by atoms with Gasteiger partial charge in [-0.15, -0.1) is 0 Å². The van der Waals surface area contributed by atoms with E-state index < -0.39 is 0 Å². The fourth-order valence-corrected chi connectivity index (χ4v) is 2.31. The summed E-state index contributed by atoms with van der Waals surface area (Å²) in [4.78, 5) is 0. The molecule has 0 aromatic heterocycles. The van der Waals surface area contributed by atoms with Crippen molar-refractivity contribution in [1.29, 1.82) is 0 Å². The quantitative estimate of drug-likeness (QED) is 0.556. The van der Waals surface area contributed by atoms with Gasteiger partial charge in [-0.1, -0.05) is 60.8 Å². The standard InChI is InChI=1S/C14H29/c1-7-9-13(8-2)10-12(3)11-14(4,5)6/h10,12-13H,7-9,11H2,1-6H3. The summed E-state index contributed by atoms with van der Waals surface area (Å²) in [5.41, 5.74) is 0.473. The largest absolute Gasteiger partial charge is 0.0654 e. The molecule has 14 heavy (non-hydrogen) atoms. The van der Waals surface area contributed by atoms with Crippen molar-refractivity contribution in [2.24, 2.45) is 17.3 Å². The minimum absolute atomic E-state index is 0.473. The first-order valence-electron chi connectivity index (χ1n) is 6.24. The average Bonchev–Trinajstić information content (AvgIpc) is 2.00. The van der Waals surface area contributed by atoms with Crippen LogP contribution in [-0.2, 0) is 0 Å². The van der Waals surface area contributed by atoms with Gasteiger partial charge in [-0.25, -0.2) is 0 Å². The Morgan fingerprint density at radius 1 is 1.14 bits per heavy atom. The van der Waals surface area contributed by atoms with Crippen LogP contribution in [0.15, 0.2) is 0 Å². The molecule has 85 valence electrons. The van der Waals surface area contributed by atoms with Crippen LogP contribution in [0.5, 0.6) is 0 Å². The third-order valence-corrected chi connectivity index (χ3v) is 2.72. The van der Waals surface area contributed by atoms with Gasteiger partial charge in [-0.3, -0.25) is 0 Å². The van der Waals surface area contributed by atoms with E-state index in [1.54, 1.807) is 0 Å². The van der Waals surface area contributed by atoms with E-state index in [2.05, 4.69) is 48.0 Å². The first-order valence-corrected chi connectivity index (χ1v) is 6.24. The lowest BCUT2D eigenvalue weighted by molar-refractivity contribution is 0.308. The molecule has 0 saturated heterocycles. The van der Waals surface area contributed by atoms with Crippen molar-refractivity contribution in [2.45, 2.75) is 67.2 Å². The van der Waals surface area contributed by atoms with E-state index >= 15 is 0 Å². The van der Waals surface area contributed by atoms with Gasteiger partial charge in [0.25, 0.3) is 0 Å². The summed E-state index contributed by atoms with van der Waals surface area (Å²) in [7, 11) is 0. The molecule has 0 N–H and O–H groups in total. The lowest BCUT2D eigenvalue weighted by atomic mass is 9.80. The molecule has 0 amide bonds. The van der Waals surface area contributed by atoms with Crippen molar-refractivity contribution in [1.82, 2.24) is 0 Å². The predicted molar refractivity (Wildman–Crippen MR) is 66.2 cm³/mol. The number of rotatable bonds is 6. The average molecular weight is 197 g/mol. The van der Waals surface area contributed by atoms with Crippen LogP contribution >= 0.6 is 0 Å². The second kappa shape index (κ2) is 6.48. The highest BCUT2D eigenvalue weighted by atomic mass is 14.2. The summed E-state index contributed by atoms with van der Waals surface area (Å²) in [5.74, 6) is 1.61. The lowest BCUT2D eigenvalue weighted by Crippen LogP contribution is -2.14. The molecule has 0 nitrogen and oxygen atoms in total. The van der Waals surface area contributed by atoms with E-state index in [-0.39, 0.29) is 0 Å². The zero-order valence-corrected chi connectivity index (χ0v) is 11.1. The molecule has 0 saturated carbocycles. The molecule has 0 rings (SSSR count). The maximum absolute atomic E-state index is 2.58. The highest BCUT2D eigenvalue weighted by molar-refractivity contribution is 4.83. The topological polar surface area (TPSA) is 0 Å². The molecule has 0 spiro atoms. The summed E-state index contributed by atoms with van der Waals surface area (Å²) in [6.45, 7) is 13.9. The van der Waals surface area contributed by atoms with Crippen LogP contribution in [-0.4, -0.2) is 0 Å². The summed E-state index contributed by atoms with van der Waals surface area (Å²) in [6, 6.07) is 0. The van der Waals surface area contributed by atoms with Gasteiger partial charge < -0.3 is 0 Å². The summed E-state index contributed by atoms with van der Waals surface area (Å²) < 4.78 is 0. The summed E-state index contributed by atoms with van der Waals surface area (Å²) in [5, 5.41) is 0. The minimum atomic E-state index is 0.473. The fourth-order valence-electron chi connectivity index (χ4n) is 2.31. The van der Waals surface area contributed by atoms with Crippen molar-refractivity contribution < 1.29 is 0 Å². The van der Waals surface area contributed by atoms with Gasteiger partial charge in [0.15, 0.2) is 0 Å². The summed E-state index contributed by atoms with van der Waals surface area (Å²) in [6.07, 6.45) is 7.88. The molecule has 0 bridgehead atoms. The Kier molecular flexibility index (Phi) is 6.48. The van der Waals surface area contributed by atoms with Crippen molar-refractivity contribution in [3.05, 3.63) is 6.42 Å². The van der Waals surface area contributed by atoms with Crippen LogP contribution in [0.3, 0.4) is 0 Å². The Morgan fingerprint density at radius 3 is 2.07 bits per heavy atom. The molecule has 0 aliphatic carbocycles. The van der Waals surface area contributed by atoms with E-state index in [9.17, 15) is 0 Å². The first kappa shape index (κ1) is 14.0. The molecule has 0 aliphatic heterocycles. The predicted octanol–water partition coefficient (Wildman–Crippen LogP) is 5.09. The number of hydrogen-bond donors (Lipinski definition) is 0. The number of hydrogen-bond acceptors (Lipinski definition) is 0. The van der Waals surface area contributed by atoms with Gasteiger partial charge in [-0.05, 0) is 30.1 Å². The second-order valence-corrected chi connectivity index (χ2v) is 5.89. The molecule has 0 heterocycles. The Balaban J connectivity index is 3.84. The third kappa shape index (κ3) is 7.41. The highest BCUT2D eigenvalue weighted by Gasteiger charge is 2.18. The molecular formula is C14H29. The Hall–Kier alpha value is 0. The maximum atomic E-state index is 2.58. The van der Waals surface area contributed by atoms with Crippen LogP contribution in [0, 0.1) is 23.7 Å². The molecule has 0 fully saturated rings. The van der Waals surface area contributed by atoms with Gasteiger partial charge >= 0.3 is 0 Å². The van der Waals surface area contributed by atoms with Crippen LogP contribution in [0.25, 0.3) is 0 Å². The second-order valence-electron chi connectivity index (χ2n) is 5.89. The molecule has 0 aliphatic rings. The molecule has 0 heteroatoms. The highest BCUT2D eigenvalue weighted by Crippen LogP contribution is 2.29. The molecule has 2 atom stereocenters. The molecule has 0 aromatic rings. The Bertz CT molecular complexity index is 129. The lowest BCUT2D eigenvalue weighted by Gasteiger charge is -2.25. The van der Waals surface area contributed by atoms with Crippen LogP contribution in [0.2, 0.25) is 0 Å². The van der Waals surface area contributed by atoms with Crippen molar-refractivity contribution >= 4 is 0 Å². The van der Waals surface area contributed by atoms with Crippen molar-refractivity contribution in [3.63, 3.8) is 0 Å². The smallest absolute Gasteiger partial charge is 0.0326 e. The third-order valence-electron chi connectivity index (χ3n) is 2.72.